The molecule has 0 spiro atoms. The van der Waals surface area contributed by atoms with Crippen LogP contribution in [0.15, 0.2) is 18.2 Å². The van der Waals surface area contributed by atoms with Crippen LogP contribution in [-0.2, 0) is 20.8 Å². The van der Waals surface area contributed by atoms with Crippen molar-refractivity contribution in [3.8, 4) is 11.5 Å². The van der Waals surface area contributed by atoms with Gasteiger partial charge < -0.3 is 25.2 Å². The first-order valence-corrected chi connectivity index (χ1v) is 6.76. The van der Waals surface area contributed by atoms with E-state index in [0.29, 0.717) is 5.56 Å². The number of aliphatic hydroxyl groups excluding tert-OH is 3. The fourth-order valence-corrected chi connectivity index (χ4v) is 1.80. The van der Waals surface area contributed by atoms with E-state index in [-0.39, 0.29) is 24.3 Å². The van der Waals surface area contributed by atoms with Crippen molar-refractivity contribution in [3.63, 3.8) is 0 Å². The van der Waals surface area contributed by atoms with Gasteiger partial charge in [0.25, 0.3) is 5.78 Å². The molecule has 0 bridgehead atoms. The molecule has 0 aliphatic rings. The SMILES string of the molecule is COc1cc(CCC(=O)C(=O)C(=O)[C@H](O)[C@H](O)CO)ccc1O. The lowest BCUT2D eigenvalue weighted by molar-refractivity contribution is -0.150. The molecule has 1 aromatic rings. The summed E-state index contributed by atoms with van der Waals surface area (Å²) in [5.41, 5.74) is 0.601. The molecule has 0 heterocycles. The highest BCUT2D eigenvalue weighted by atomic mass is 16.5. The number of methoxy groups -OCH3 is 1. The third-order valence-electron chi connectivity index (χ3n) is 3.18. The predicted molar refractivity (Wildman–Crippen MR) is 77.1 cm³/mol. The lowest BCUT2D eigenvalue weighted by Gasteiger charge is -2.12. The summed E-state index contributed by atoms with van der Waals surface area (Å²) in [6.45, 7) is -0.915. The molecule has 0 aliphatic carbocycles. The molecule has 0 saturated heterocycles. The number of hydrogen-bond donors (Lipinski definition) is 4. The summed E-state index contributed by atoms with van der Waals surface area (Å²) >= 11 is 0. The van der Waals surface area contributed by atoms with Gasteiger partial charge in [-0.2, -0.15) is 0 Å². The third-order valence-corrected chi connectivity index (χ3v) is 3.18. The van der Waals surface area contributed by atoms with E-state index in [1.54, 1.807) is 0 Å². The minimum Gasteiger partial charge on any atom is -0.504 e. The largest absolute Gasteiger partial charge is 0.504 e. The van der Waals surface area contributed by atoms with Gasteiger partial charge in [-0.1, -0.05) is 6.07 Å². The van der Waals surface area contributed by atoms with Crippen molar-refractivity contribution in [2.75, 3.05) is 13.7 Å². The molecule has 1 aromatic carbocycles. The van der Waals surface area contributed by atoms with Crippen LogP contribution < -0.4 is 4.74 Å². The Labute approximate surface area is 131 Å². The molecule has 0 radical (unpaired) electrons. The number of aryl methyl sites for hydroxylation is 1. The van der Waals surface area contributed by atoms with Crippen LogP contribution in [0.3, 0.4) is 0 Å². The molecule has 0 aliphatic heterocycles. The molecule has 0 saturated carbocycles. The van der Waals surface area contributed by atoms with Gasteiger partial charge in [0.1, 0.15) is 12.2 Å². The lowest BCUT2D eigenvalue weighted by Crippen LogP contribution is -2.42. The Morgan fingerprint density at radius 3 is 2.43 bits per heavy atom. The molecule has 23 heavy (non-hydrogen) atoms. The number of carbonyl (C=O) groups is 3. The van der Waals surface area contributed by atoms with E-state index in [4.69, 9.17) is 14.9 Å². The maximum Gasteiger partial charge on any atom is 0.266 e. The van der Waals surface area contributed by atoms with Crippen LogP contribution in [0.1, 0.15) is 12.0 Å². The van der Waals surface area contributed by atoms with Crippen molar-refractivity contribution in [2.45, 2.75) is 25.0 Å². The highest BCUT2D eigenvalue weighted by Gasteiger charge is 2.32. The monoisotopic (exact) mass is 326 g/mol. The number of Topliss-reactive ketones (excluding diaryl/α,β-unsaturated/α-hetero) is 3. The van der Waals surface area contributed by atoms with Crippen LogP contribution in [0.5, 0.6) is 11.5 Å². The van der Waals surface area contributed by atoms with Crippen LogP contribution in [0.2, 0.25) is 0 Å². The Kier molecular flexibility index (Phi) is 6.83. The summed E-state index contributed by atoms with van der Waals surface area (Å²) in [4.78, 5) is 34.8. The van der Waals surface area contributed by atoms with Gasteiger partial charge >= 0.3 is 0 Å². The second-order valence-corrected chi connectivity index (χ2v) is 4.82. The van der Waals surface area contributed by atoms with Crippen LogP contribution in [0.4, 0.5) is 0 Å². The van der Waals surface area contributed by atoms with Crippen molar-refractivity contribution in [2.24, 2.45) is 0 Å². The molecule has 1 rings (SSSR count). The Morgan fingerprint density at radius 1 is 1.22 bits per heavy atom. The summed E-state index contributed by atoms with van der Waals surface area (Å²) in [6.07, 6.45) is -4.13. The summed E-state index contributed by atoms with van der Waals surface area (Å²) in [5, 5.41) is 36.5. The van der Waals surface area contributed by atoms with Crippen LogP contribution >= 0.6 is 0 Å². The molecule has 2 atom stereocenters. The summed E-state index contributed by atoms with van der Waals surface area (Å²) in [7, 11) is 1.36. The third kappa shape index (κ3) is 4.85. The first kappa shape index (κ1) is 18.8. The minimum absolute atomic E-state index is 0.0741. The Balaban J connectivity index is 2.66. The van der Waals surface area contributed by atoms with Gasteiger partial charge in [-0.05, 0) is 24.1 Å². The first-order chi connectivity index (χ1) is 10.8. The first-order valence-electron chi connectivity index (χ1n) is 6.76. The van der Waals surface area contributed by atoms with E-state index in [1.165, 1.54) is 25.3 Å². The number of phenols is 1. The molecule has 8 nitrogen and oxygen atoms in total. The van der Waals surface area contributed by atoms with Gasteiger partial charge in [0, 0.05) is 6.42 Å². The molecule has 4 N–H and O–H groups in total. The highest BCUT2D eigenvalue weighted by Crippen LogP contribution is 2.26. The van der Waals surface area contributed by atoms with Crippen molar-refractivity contribution in [1.29, 1.82) is 0 Å². The van der Waals surface area contributed by atoms with E-state index < -0.39 is 36.2 Å². The maximum absolute atomic E-state index is 11.7. The van der Waals surface area contributed by atoms with Gasteiger partial charge in [0.05, 0.1) is 13.7 Å². The summed E-state index contributed by atoms with van der Waals surface area (Å²) < 4.78 is 4.91. The molecule has 0 aromatic heterocycles. The van der Waals surface area contributed by atoms with E-state index in [2.05, 4.69) is 0 Å². The Bertz CT molecular complexity index is 595. The zero-order valence-corrected chi connectivity index (χ0v) is 12.4. The standard InChI is InChI=1S/C15H18O8/c1-23-12-6-8(2-4-9(12)17)3-5-10(18)13(20)15(22)14(21)11(19)7-16/h2,4,6,11,14,16-17,19,21H,3,5,7H2,1H3/t11-,14-/m1/s1. The number of ether oxygens (including phenoxy) is 1. The molecule has 0 unspecified atom stereocenters. The van der Waals surface area contributed by atoms with Crippen molar-refractivity contribution in [1.82, 2.24) is 0 Å². The predicted octanol–water partition coefficient (Wildman–Crippen LogP) is -1.25. The highest BCUT2D eigenvalue weighted by molar-refractivity contribution is 6.64. The van der Waals surface area contributed by atoms with Gasteiger partial charge in [0.2, 0.25) is 11.6 Å². The van der Waals surface area contributed by atoms with E-state index in [9.17, 15) is 24.6 Å². The molecule has 8 heteroatoms. The normalized spacial score (nSPS) is 13.2. The number of rotatable bonds is 9. The van der Waals surface area contributed by atoms with E-state index >= 15 is 0 Å². The van der Waals surface area contributed by atoms with Crippen molar-refractivity contribution in [3.05, 3.63) is 23.8 Å². The number of benzene rings is 1. The number of carbonyl (C=O) groups excluding carboxylic acids is 3. The minimum atomic E-state index is -2.13. The molecular weight excluding hydrogens is 308 g/mol. The van der Waals surface area contributed by atoms with Crippen molar-refractivity contribution < 1.29 is 39.5 Å². The fourth-order valence-electron chi connectivity index (χ4n) is 1.80. The number of ketones is 3. The molecule has 0 amide bonds. The average Bonchev–Trinajstić information content (AvgIpc) is 2.57. The maximum atomic E-state index is 11.7. The zero-order chi connectivity index (χ0) is 17.6. The quantitative estimate of drug-likeness (QED) is 0.326. The summed E-state index contributed by atoms with van der Waals surface area (Å²) in [6, 6.07) is 4.38. The van der Waals surface area contributed by atoms with Crippen molar-refractivity contribution >= 4 is 17.3 Å². The zero-order valence-electron chi connectivity index (χ0n) is 12.4. The molecule has 126 valence electrons. The topological polar surface area (TPSA) is 141 Å². The number of phenolic OH excluding ortho intramolecular Hbond substituents is 1. The second kappa shape index (κ2) is 8.37. The molecular formula is C15H18O8. The van der Waals surface area contributed by atoms with E-state index in [0.717, 1.165) is 0 Å². The average molecular weight is 326 g/mol. The molecule has 0 fully saturated rings. The van der Waals surface area contributed by atoms with Gasteiger partial charge in [0.15, 0.2) is 11.5 Å². The van der Waals surface area contributed by atoms with Crippen LogP contribution in [0.25, 0.3) is 0 Å². The smallest absolute Gasteiger partial charge is 0.266 e. The van der Waals surface area contributed by atoms with Gasteiger partial charge in [-0.3, -0.25) is 14.4 Å². The van der Waals surface area contributed by atoms with Gasteiger partial charge in [-0.15, -0.1) is 0 Å². The summed E-state index contributed by atoms with van der Waals surface area (Å²) in [5.74, 6) is -3.78. The van der Waals surface area contributed by atoms with Crippen LogP contribution in [0, 0.1) is 0 Å². The Hall–Kier alpha value is -2.29. The lowest BCUT2D eigenvalue weighted by atomic mass is 9.99. The second-order valence-electron chi connectivity index (χ2n) is 4.82. The number of aromatic hydroxyl groups is 1. The van der Waals surface area contributed by atoms with E-state index in [1.807, 2.05) is 0 Å². The number of hydrogen-bond acceptors (Lipinski definition) is 8. The van der Waals surface area contributed by atoms with Gasteiger partial charge in [-0.25, -0.2) is 0 Å². The number of aliphatic hydroxyl groups is 3. The Morgan fingerprint density at radius 2 is 1.87 bits per heavy atom. The van der Waals surface area contributed by atoms with Crippen LogP contribution in [-0.4, -0.2) is 63.7 Å². The fraction of sp³-hybridized carbons (Fsp3) is 0.400.